The topological polar surface area (TPSA) is 124 Å². The first-order valence-corrected chi connectivity index (χ1v) is 15.8. The summed E-state index contributed by atoms with van der Waals surface area (Å²) in [5.74, 6) is -2.19. The largest absolute Gasteiger partial charge is 0.492 e. The van der Waals surface area contributed by atoms with Crippen LogP contribution >= 0.6 is 0 Å². The Morgan fingerprint density at radius 2 is 0.960 bits per heavy atom. The molecule has 10 heteroatoms. The fourth-order valence-electron chi connectivity index (χ4n) is 4.51. The van der Waals surface area contributed by atoms with Gasteiger partial charge in [-0.2, -0.15) is 0 Å². The van der Waals surface area contributed by atoms with Gasteiger partial charge >= 0.3 is 23.9 Å². The molecule has 260 valence electrons. The van der Waals surface area contributed by atoms with E-state index in [9.17, 15) is 19.2 Å². The molecule has 0 spiro atoms. The van der Waals surface area contributed by atoms with E-state index in [-0.39, 0.29) is 50.7 Å². The Morgan fingerprint density at radius 3 is 1.36 bits per heavy atom. The zero-order valence-corrected chi connectivity index (χ0v) is 28.9. The molecule has 1 aliphatic heterocycles. The maximum atomic E-state index is 12.5. The van der Waals surface area contributed by atoms with Gasteiger partial charge in [0.1, 0.15) is 5.75 Å². The quantitative estimate of drug-likeness (QED) is 0.0948. The zero-order chi connectivity index (χ0) is 36.7. The highest BCUT2D eigenvalue weighted by Crippen LogP contribution is 2.42. The first-order valence-electron chi connectivity index (χ1n) is 15.8. The molecule has 0 saturated carbocycles. The summed E-state index contributed by atoms with van der Waals surface area (Å²) in [5.41, 5.74) is 3.04. The van der Waals surface area contributed by atoms with Crippen molar-refractivity contribution in [3.8, 4) is 51.0 Å². The molecule has 3 aromatic carbocycles. The molecule has 0 radical (unpaired) electrons. The normalized spacial score (nSPS) is 12.8. The molecule has 1 aliphatic rings. The molecule has 1 saturated heterocycles. The van der Waals surface area contributed by atoms with Crippen molar-refractivity contribution in [1.29, 1.82) is 0 Å². The molecule has 0 bridgehead atoms. The van der Waals surface area contributed by atoms with Gasteiger partial charge in [0.25, 0.3) is 0 Å². The smallest absolute Gasteiger partial charge is 0.338 e. The van der Waals surface area contributed by atoms with Gasteiger partial charge in [-0.3, -0.25) is 0 Å². The Morgan fingerprint density at radius 1 is 0.580 bits per heavy atom. The summed E-state index contributed by atoms with van der Waals surface area (Å²) < 4.78 is 34.0. The van der Waals surface area contributed by atoms with Crippen LogP contribution in [-0.4, -0.2) is 43.7 Å². The zero-order valence-electron chi connectivity index (χ0n) is 28.9. The monoisotopic (exact) mass is 680 g/mol. The van der Waals surface area contributed by atoms with Crippen molar-refractivity contribution in [2.45, 2.75) is 41.0 Å². The standard InChI is InChI=1S/C40H40O10/c1-10-40(20-45-21-40)22-46-33-17-27(28-12-15-31(47-36(41)23(2)3)34(18-28)49-38(43)25(6)7)11-14-30(33)29-13-16-32(48-37(42)24(4)5)35(19-29)50-39(44)26(8)9/h11-19H,2,4,6,8,10,20-22H2,1,3,5,7,9H3. The Hall–Kier alpha value is -5.74. The van der Waals surface area contributed by atoms with Crippen molar-refractivity contribution < 1.29 is 47.6 Å². The molecule has 0 N–H and O–H groups in total. The number of carbonyl (C=O) groups is 4. The van der Waals surface area contributed by atoms with Gasteiger partial charge in [0, 0.05) is 27.9 Å². The van der Waals surface area contributed by atoms with Crippen LogP contribution in [0.2, 0.25) is 0 Å². The van der Waals surface area contributed by atoms with Gasteiger partial charge in [-0.1, -0.05) is 57.5 Å². The third kappa shape index (κ3) is 8.83. The predicted octanol–water partition coefficient (Wildman–Crippen LogP) is 7.75. The highest BCUT2D eigenvalue weighted by Gasteiger charge is 2.38. The summed E-state index contributed by atoms with van der Waals surface area (Å²) in [6.45, 7) is 24.1. The maximum Gasteiger partial charge on any atom is 0.338 e. The summed E-state index contributed by atoms with van der Waals surface area (Å²) in [5, 5.41) is 0. The highest BCUT2D eigenvalue weighted by molar-refractivity contribution is 5.93. The fourth-order valence-corrected chi connectivity index (χ4v) is 4.51. The molecule has 10 nitrogen and oxygen atoms in total. The van der Waals surface area contributed by atoms with Gasteiger partial charge in [0.15, 0.2) is 23.0 Å². The Labute approximate surface area is 291 Å². The number of esters is 4. The number of ether oxygens (including phenoxy) is 6. The molecular formula is C40H40O10. The van der Waals surface area contributed by atoms with Crippen molar-refractivity contribution in [2.75, 3.05) is 19.8 Å². The van der Waals surface area contributed by atoms with E-state index in [2.05, 4.69) is 33.2 Å². The van der Waals surface area contributed by atoms with Crippen molar-refractivity contribution in [3.63, 3.8) is 0 Å². The number of hydrogen-bond acceptors (Lipinski definition) is 10. The maximum absolute atomic E-state index is 12.5. The van der Waals surface area contributed by atoms with Crippen LogP contribution in [0.3, 0.4) is 0 Å². The summed E-state index contributed by atoms with van der Waals surface area (Å²) in [6, 6.07) is 15.1. The van der Waals surface area contributed by atoms with Crippen LogP contribution in [0, 0.1) is 5.41 Å². The highest BCUT2D eigenvalue weighted by atomic mass is 16.6. The number of hydrogen-bond donors (Lipinski definition) is 0. The second-order valence-electron chi connectivity index (χ2n) is 12.3. The number of carbonyl (C=O) groups excluding carboxylic acids is 4. The molecule has 4 rings (SSSR count). The van der Waals surface area contributed by atoms with Crippen molar-refractivity contribution >= 4 is 23.9 Å². The average molecular weight is 681 g/mol. The lowest BCUT2D eigenvalue weighted by molar-refractivity contribution is -0.133. The van der Waals surface area contributed by atoms with Crippen LogP contribution in [-0.2, 0) is 23.9 Å². The minimum atomic E-state index is -0.697. The summed E-state index contributed by atoms with van der Waals surface area (Å²) >= 11 is 0. The molecular weight excluding hydrogens is 640 g/mol. The van der Waals surface area contributed by atoms with Gasteiger partial charge in [-0.25, -0.2) is 19.2 Å². The van der Waals surface area contributed by atoms with E-state index in [0.29, 0.717) is 47.8 Å². The van der Waals surface area contributed by atoms with E-state index in [4.69, 9.17) is 28.4 Å². The van der Waals surface area contributed by atoms with Gasteiger partial charge in [0.05, 0.1) is 25.2 Å². The van der Waals surface area contributed by atoms with Crippen LogP contribution in [0.15, 0.2) is 103 Å². The van der Waals surface area contributed by atoms with E-state index in [1.54, 1.807) is 24.3 Å². The summed E-state index contributed by atoms with van der Waals surface area (Å²) in [6.07, 6.45) is 0.841. The second kappa shape index (κ2) is 15.7. The molecule has 0 aromatic heterocycles. The Bertz CT molecular complexity index is 1910. The van der Waals surface area contributed by atoms with Gasteiger partial charge in [-0.15, -0.1) is 0 Å². The van der Waals surface area contributed by atoms with Crippen LogP contribution in [0.1, 0.15) is 41.0 Å². The van der Waals surface area contributed by atoms with E-state index in [1.807, 2.05) is 18.2 Å². The first-order chi connectivity index (χ1) is 23.6. The molecule has 50 heavy (non-hydrogen) atoms. The van der Waals surface area contributed by atoms with E-state index >= 15 is 0 Å². The fraction of sp³-hybridized carbons (Fsp3) is 0.250. The molecule has 0 unspecified atom stereocenters. The van der Waals surface area contributed by atoms with Gasteiger partial charge in [0.2, 0.25) is 0 Å². The third-order valence-electron chi connectivity index (χ3n) is 7.82. The molecule has 3 aromatic rings. The lowest BCUT2D eigenvalue weighted by Crippen LogP contribution is -2.46. The minimum Gasteiger partial charge on any atom is -0.492 e. The summed E-state index contributed by atoms with van der Waals surface area (Å²) in [7, 11) is 0. The van der Waals surface area contributed by atoms with Gasteiger partial charge < -0.3 is 28.4 Å². The van der Waals surface area contributed by atoms with Gasteiger partial charge in [-0.05, 0) is 81.1 Å². The minimum absolute atomic E-state index is 0.00131. The second-order valence-corrected chi connectivity index (χ2v) is 12.3. The third-order valence-corrected chi connectivity index (χ3v) is 7.82. The van der Waals surface area contributed by atoms with E-state index in [0.717, 1.165) is 6.42 Å². The number of benzene rings is 3. The Balaban J connectivity index is 1.82. The van der Waals surface area contributed by atoms with E-state index in [1.165, 1.54) is 39.8 Å². The van der Waals surface area contributed by atoms with Crippen LogP contribution < -0.4 is 23.7 Å². The van der Waals surface area contributed by atoms with Crippen molar-refractivity contribution in [3.05, 3.63) is 103 Å². The van der Waals surface area contributed by atoms with Crippen molar-refractivity contribution in [1.82, 2.24) is 0 Å². The molecule has 1 heterocycles. The SMILES string of the molecule is C=C(C)C(=O)Oc1ccc(-c2ccc(-c3ccc(OC(=O)C(=C)C)c(OC(=O)C(=C)C)c3)c(OCC3(CC)COC3)c2)cc1OC(=O)C(=C)C. The van der Waals surface area contributed by atoms with Crippen LogP contribution in [0.5, 0.6) is 28.7 Å². The van der Waals surface area contributed by atoms with Crippen LogP contribution in [0.4, 0.5) is 0 Å². The average Bonchev–Trinajstić information content (AvgIpc) is 3.05. The lowest BCUT2D eigenvalue weighted by Gasteiger charge is -2.40. The number of rotatable bonds is 14. The molecule has 0 amide bonds. The predicted molar refractivity (Wildman–Crippen MR) is 188 cm³/mol. The van der Waals surface area contributed by atoms with Crippen LogP contribution in [0.25, 0.3) is 22.3 Å². The molecule has 0 aliphatic carbocycles. The molecule has 1 fully saturated rings. The van der Waals surface area contributed by atoms with Crippen molar-refractivity contribution in [2.24, 2.45) is 5.41 Å². The van der Waals surface area contributed by atoms with E-state index < -0.39 is 23.9 Å². The lowest BCUT2D eigenvalue weighted by atomic mass is 9.84. The Kier molecular flexibility index (Phi) is 11.6. The molecule has 0 atom stereocenters. The first kappa shape index (κ1) is 37.1. The summed E-state index contributed by atoms with van der Waals surface area (Å²) in [4.78, 5) is 49.7.